The van der Waals surface area contributed by atoms with E-state index in [2.05, 4.69) is 30.9 Å². The third-order valence-electron chi connectivity index (χ3n) is 4.11. The first-order valence-electron chi connectivity index (χ1n) is 6.83. The number of hydrogen-bond donors (Lipinski definition) is 1. The van der Waals surface area contributed by atoms with Crippen molar-refractivity contribution < 1.29 is 0 Å². The number of piperidine rings is 1. The zero-order chi connectivity index (χ0) is 13.1. The average Bonchev–Trinajstić information content (AvgIpc) is 2.38. The van der Waals surface area contributed by atoms with Crippen LogP contribution in [0.5, 0.6) is 0 Å². The lowest BCUT2D eigenvalue weighted by molar-refractivity contribution is 0.121. The van der Waals surface area contributed by atoms with Gasteiger partial charge in [0.05, 0.1) is 0 Å². The molecule has 0 amide bonds. The minimum atomic E-state index is 0. The monoisotopic (exact) mass is 302 g/mol. The highest BCUT2D eigenvalue weighted by Crippen LogP contribution is 2.28. The van der Waals surface area contributed by atoms with Gasteiger partial charge in [0.2, 0.25) is 0 Å². The summed E-state index contributed by atoms with van der Waals surface area (Å²) in [6.07, 6.45) is 2.51. The Bertz CT molecular complexity index is 395. The van der Waals surface area contributed by atoms with Crippen molar-refractivity contribution in [2.75, 3.05) is 13.1 Å². The molecule has 0 aromatic heterocycles. The minimum Gasteiger partial charge on any atom is -0.328 e. The van der Waals surface area contributed by atoms with Gasteiger partial charge in [0.25, 0.3) is 0 Å². The number of likely N-dealkylation sites (tertiary alicyclic amines) is 1. The number of nitrogens with two attached hydrogens (primary N) is 1. The second-order valence-electron chi connectivity index (χ2n) is 5.49. The van der Waals surface area contributed by atoms with Crippen LogP contribution in [0.3, 0.4) is 0 Å². The molecule has 19 heavy (non-hydrogen) atoms. The maximum Gasteiger partial charge on any atom is 0.0409 e. The molecule has 0 saturated carbocycles. The van der Waals surface area contributed by atoms with Crippen LogP contribution in [0.15, 0.2) is 24.3 Å². The van der Waals surface area contributed by atoms with Gasteiger partial charge in [-0.3, -0.25) is 4.90 Å². The Balaban J connectivity index is 0.00000180. The topological polar surface area (TPSA) is 29.3 Å². The van der Waals surface area contributed by atoms with E-state index in [1.165, 1.54) is 18.4 Å². The van der Waals surface area contributed by atoms with Crippen LogP contribution in [0.25, 0.3) is 0 Å². The molecule has 2 rings (SSSR count). The fraction of sp³-hybridized carbons (Fsp3) is 0.600. The van der Waals surface area contributed by atoms with E-state index < -0.39 is 0 Å². The quantitative estimate of drug-likeness (QED) is 0.918. The molecule has 1 fully saturated rings. The summed E-state index contributed by atoms with van der Waals surface area (Å²) >= 11 is 6.07. The molecular weight excluding hydrogens is 279 g/mol. The van der Waals surface area contributed by atoms with Crippen LogP contribution < -0.4 is 5.73 Å². The lowest BCUT2D eigenvalue weighted by Gasteiger charge is -2.38. The van der Waals surface area contributed by atoms with Gasteiger partial charge in [-0.15, -0.1) is 12.4 Å². The molecule has 1 saturated heterocycles. The lowest BCUT2D eigenvalue weighted by Crippen LogP contribution is -2.43. The smallest absolute Gasteiger partial charge is 0.0409 e. The van der Waals surface area contributed by atoms with Crippen LogP contribution in [-0.2, 0) is 0 Å². The van der Waals surface area contributed by atoms with E-state index in [1.807, 2.05) is 12.1 Å². The van der Waals surface area contributed by atoms with Crippen molar-refractivity contribution in [3.05, 3.63) is 34.9 Å². The summed E-state index contributed by atoms with van der Waals surface area (Å²) in [5.74, 6) is 0.625. The van der Waals surface area contributed by atoms with Crippen molar-refractivity contribution in [3.63, 3.8) is 0 Å². The Morgan fingerprint density at radius 1 is 1.37 bits per heavy atom. The summed E-state index contributed by atoms with van der Waals surface area (Å²) in [6.45, 7) is 6.65. The van der Waals surface area contributed by atoms with Crippen LogP contribution in [0.4, 0.5) is 0 Å². The van der Waals surface area contributed by atoms with Gasteiger partial charge >= 0.3 is 0 Å². The maximum absolute atomic E-state index is 6.07. The van der Waals surface area contributed by atoms with E-state index in [0.29, 0.717) is 18.0 Å². The van der Waals surface area contributed by atoms with Crippen LogP contribution in [-0.4, -0.2) is 24.0 Å². The second kappa shape index (κ2) is 7.49. The fourth-order valence-electron chi connectivity index (χ4n) is 2.80. The summed E-state index contributed by atoms with van der Waals surface area (Å²) in [6, 6.07) is 8.90. The Morgan fingerprint density at radius 3 is 2.74 bits per heavy atom. The molecule has 1 aromatic carbocycles. The van der Waals surface area contributed by atoms with Crippen molar-refractivity contribution >= 4 is 24.0 Å². The second-order valence-corrected chi connectivity index (χ2v) is 5.92. The van der Waals surface area contributed by atoms with Crippen molar-refractivity contribution in [3.8, 4) is 0 Å². The molecule has 1 aliphatic rings. The predicted molar refractivity (Wildman–Crippen MR) is 85.1 cm³/mol. The zero-order valence-electron chi connectivity index (χ0n) is 11.7. The van der Waals surface area contributed by atoms with E-state index in [0.717, 1.165) is 18.1 Å². The number of rotatable bonds is 3. The van der Waals surface area contributed by atoms with Gasteiger partial charge in [-0.25, -0.2) is 0 Å². The molecule has 1 heterocycles. The minimum absolute atomic E-state index is 0. The molecule has 3 unspecified atom stereocenters. The van der Waals surface area contributed by atoms with Gasteiger partial charge < -0.3 is 5.73 Å². The van der Waals surface area contributed by atoms with Crippen molar-refractivity contribution in [1.29, 1.82) is 0 Å². The van der Waals surface area contributed by atoms with Gasteiger partial charge in [0.15, 0.2) is 0 Å². The summed E-state index contributed by atoms with van der Waals surface area (Å²) in [4.78, 5) is 2.53. The van der Waals surface area contributed by atoms with E-state index in [9.17, 15) is 0 Å². The SMILES string of the molecule is CC(N)C1CCCN(C(C)c2cccc(Cl)c2)C1.Cl. The van der Waals surface area contributed by atoms with Crippen LogP contribution in [0, 0.1) is 5.92 Å². The summed E-state index contributed by atoms with van der Waals surface area (Å²) < 4.78 is 0. The number of halogens is 2. The van der Waals surface area contributed by atoms with E-state index in [-0.39, 0.29) is 12.4 Å². The van der Waals surface area contributed by atoms with Gasteiger partial charge in [-0.2, -0.15) is 0 Å². The highest BCUT2D eigenvalue weighted by molar-refractivity contribution is 6.30. The normalized spacial score (nSPS) is 23.5. The highest BCUT2D eigenvalue weighted by Gasteiger charge is 2.26. The molecule has 1 aromatic rings. The van der Waals surface area contributed by atoms with Crippen molar-refractivity contribution in [2.45, 2.75) is 38.8 Å². The third-order valence-corrected chi connectivity index (χ3v) is 4.35. The fourth-order valence-corrected chi connectivity index (χ4v) is 3.00. The third kappa shape index (κ3) is 4.35. The first-order valence-corrected chi connectivity index (χ1v) is 7.21. The molecule has 2 N–H and O–H groups in total. The Labute approximate surface area is 127 Å². The Hall–Kier alpha value is -0.280. The average molecular weight is 303 g/mol. The summed E-state index contributed by atoms with van der Waals surface area (Å²) in [5, 5.41) is 0.820. The van der Waals surface area contributed by atoms with Gasteiger partial charge in [0.1, 0.15) is 0 Å². The van der Waals surface area contributed by atoms with E-state index in [1.54, 1.807) is 0 Å². The molecule has 108 valence electrons. The van der Waals surface area contributed by atoms with Gasteiger partial charge in [0, 0.05) is 23.7 Å². The molecule has 0 bridgehead atoms. The summed E-state index contributed by atoms with van der Waals surface area (Å²) in [5.41, 5.74) is 7.34. The Kier molecular flexibility index (Phi) is 6.61. The first-order chi connectivity index (χ1) is 8.58. The van der Waals surface area contributed by atoms with Crippen molar-refractivity contribution in [2.24, 2.45) is 11.7 Å². The number of benzene rings is 1. The van der Waals surface area contributed by atoms with Gasteiger partial charge in [-0.1, -0.05) is 23.7 Å². The number of nitrogens with zero attached hydrogens (tertiary/aromatic N) is 1. The van der Waals surface area contributed by atoms with Crippen molar-refractivity contribution in [1.82, 2.24) is 4.90 Å². The van der Waals surface area contributed by atoms with Crippen LogP contribution >= 0.6 is 24.0 Å². The molecule has 2 nitrogen and oxygen atoms in total. The standard InChI is InChI=1S/C15H23ClN2.ClH/c1-11(17)14-6-4-8-18(10-14)12(2)13-5-3-7-15(16)9-13;/h3,5,7,9,11-12,14H,4,6,8,10,17H2,1-2H3;1H. The van der Waals surface area contributed by atoms with E-state index >= 15 is 0 Å². The number of hydrogen-bond acceptors (Lipinski definition) is 2. The van der Waals surface area contributed by atoms with Gasteiger partial charge in [-0.05, 0) is 56.8 Å². The lowest BCUT2D eigenvalue weighted by atomic mass is 9.90. The molecule has 1 aliphatic heterocycles. The molecule has 3 atom stereocenters. The predicted octanol–water partition coefficient (Wildman–Crippen LogP) is 3.88. The largest absolute Gasteiger partial charge is 0.328 e. The van der Waals surface area contributed by atoms with Crippen LogP contribution in [0.1, 0.15) is 38.3 Å². The summed E-state index contributed by atoms with van der Waals surface area (Å²) in [7, 11) is 0. The first kappa shape index (κ1) is 16.8. The van der Waals surface area contributed by atoms with Crippen LogP contribution in [0.2, 0.25) is 5.02 Å². The zero-order valence-corrected chi connectivity index (χ0v) is 13.3. The molecular formula is C15H24Cl2N2. The highest BCUT2D eigenvalue weighted by atomic mass is 35.5. The van der Waals surface area contributed by atoms with E-state index in [4.69, 9.17) is 17.3 Å². The Morgan fingerprint density at radius 2 is 2.11 bits per heavy atom. The molecule has 4 heteroatoms. The molecule has 0 radical (unpaired) electrons. The molecule has 0 spiro atoms. The maximum atomic E-state index is 6.07. The molecule has 0 aliphatic carbocycles.